The normalized spacial score (nSPS) is 11.0. The average molecular weight is 388 g/mol. The molecule has 2 rings (SSSR count). The van der Waals surface area contributed by atoms with Crippen molar-refractivity contribution in [3.05, 3.63) is 53.1 Å². The Kier molecular flexibility index (Phi) is 6.61. The zero-order valence-corrected chi connectivity index (χ0v) is 17.4. The SMILES string of the molecule is COc1ccc(OCc2cccc(C(=O)OC(C)(C)C)c2)c(P)c1C(C)=O. The topological polar surface area (TPSA) is 61.8 Å². The minimum absolute atomic E-state index is 0.103. The molecule has 2 aromatic rings. The van der Waals surface area contributed by atoms with Crippen LogP contribution in [0, 0.1) is 0 Å². The third kappa shape index (κ3) is 5.54. The maximum atomic E-state index is 12.2. The van der Waals surface area contributed by atoms with E-state index in [0.29, 0.717) is 27.9 Å². The van der Waals surface area contributed by atoms with Gasteiger partial charge in [-0.05, 0) is 57.5 Å². The van der Waals surface area contributed by atoms with E-state index in [2.05, 4.69) is 9.24 Å². The molecule has 0 bridgehead atoms. The lowest BCUT2D eigenvalue weighted by Gasteiger charge is -2.19. The maximum Gasteiger partial charge on any atom is 0.338 e. The number of carbonyl (C=O) groups excluding carboxylic acids is 2. The Morgan fingerprint density at radius 2 is 1.74 bits per heavy atom. The molecule has 0 N–H and O–H groups in total. The summed E-state index contributed by atoms with van der Waals surface area (Å²) in [7, 11) is 4.06. The summed E-state index contributed by atoms with van der Waals surface area (Å²) in [5, 5.41) is 0.644. The van der Waals surface area contributed by atoms with Gasteiger partial charge in [0.05, 0.1) is 18.2 Å². The predicted octanol–water partition coefficient (Wildman–Crippen LogP) is 3.93. The number of benzene rings is 2. The monoisotopic (exact) mass is 388 g/mol. The van der Waals surface area contributed by atoms with Gasteiger partial charge in [0.2, 0.25) is 0 Å². The number of Topliss-reactive ketones (excluding diaryl/α,β-unsaturated/α-hetero) is 1. The molecule has 1 atom stereocenters. The zero-order valence-electron chi connectivity index (χ0n) is 16.3. The average Bonchev–Trinajstić information content (AvgIpc) is 2.58. The summed E-state index contributed by atoms with van der Waals surface area (Å²) in [5.41, 5.74) is 1.21. The van der Waals surface area contributed by atoms with Crippen LogP contribution in [0.3, 0.4) is 0 Å². The van der Waals surface area contributed by atoms with Crippen molar-refractivity contribution in [1.29, 1.82) is 0 Å². The lowest BCUT2D eigenvalue weighted by atomic mass is 10.1. The standard InChI is InChI=1S/C21H25O5P/c1-13(22)18-16(24-5)9-10-17(19(18)27)25-12-14-7-6-8-15(11-14)20(23)26-21(2,3)4/h6-11H,12,27H2,1-5H3. The first-order chi connectivity index (χ1) is 12.6. The molecule has 0 heterocycles. The van der Waals surface area contributed by atoms with Crippen molar-refractivity contribution < 1.29 is 23.8 Å². The van der Waals surface area contributed by atoms with Gasteiger partial charge in [0.1, 0.15) is 23.7 Å². The molecule has 1 unspecified atom stereocenters. The first-order valence-corrected chi connectivity index (χ1v) is 9.12. The summed E-state index contributed by atoms with van der Waals surface area (Å²) in [6.07, 6.45) is 0. The van der Waals surface area contributed by atoms with Gasteiger partial charge >= 0.3 is 5.97 Å². The Labute approximate surface area is 162 Å². The number of esters is 1. The molecule has 0 spiro atoms. The lowest BCUT2D eigenvalue weighted by molar-refractivity contribution is 0.00692. The van der Waals surface area contributed by atoms with E-state index in [1.165, 1.54) is 14.0 Å². The number of ketones is 1. The molecular weight excluding hydrogens is 363 g/mol. The summed E-state index contributed by atoms with van der Waals surface area (Å²) < 4.78 is 16.5. The second-order valence-electron chi connectivity index (χ2n) is 7.10. The molecule has 0 aliphatic heterocycles. The Hall–Kier alpha value is -2.39. The Morgan fingerprint density at radius 3 is 2.33 bits per heavy atom. The third-order valence-electron chi connectivity index (χ3n) is 3.70. The highest BCUT2D eigenvalue weighted by Gasteiger charge is 2.18. The number of hydrogen-bond acceptors (Lipinski definition) is 5. The van der Waals surface area contributed by atoms with Crippen LogP contribution in [0.5, 0.6) is 11.5 Å². The number of hydrogen-bond donors (Lipinski definition) is 0. The fourth-order valence-electron chi connectivity index (χ4n) is 2.53. The summed E-state index contributed by atoms with van der Waals surface area (Å²) in [4.78, 5) is 24.1. The number of methoxy groups -OCH3 is 1. The fourth-order valence-corrected chi connectivity index (χ4v) is 3.05. The highest BCUT2D eigenvalue weighted by Crippen LogP contribution is 2.25. The molecule has 0 aliphatic carbocycles. The van der Waals surface area contributed by atoms with Gasteiger partial charge in [0.15, 0.2) is 5.78 Å². The third-order valence-corrected chi connectivity index (χ3v) is 4.27. The van der Waals surface area contributed by atoms with Crippen LogP contribution in [0.2, 0.25) is 0 Å². The van der Waals surface area contributed by atoms with Crippen LogP contribution in [0.4, 0.5) is 0 Å². The van der Waals surface area contributed by atoms with E-state index in [9.17, 15) is 9.59 Å². The molecule has 0 fully saturated rings. The zero-order chi connectivity index (χ0) is 20.2. The quantitative estimate of drug-likeness (QED) is 0.426. The van der Waals surface area contributed by atoms with E-state index in [1.807, 2.05) is 26.8 Å². The van der Waals surface area contributed by atoms with E-state index in [0.717, 1.165) is 5.56 Å². The molecule has 5 nitrogen and oxygen atoms in total. The van der Waals surface area contributed by atoms with E-state index in [1.54, 1.807) is 30.3 Å². The highest BCUT2D eigenvalue weighted by atomic mass is 31.0. The van der Waals surface area contributed by atoms with E-state index in [4.69, 9.17) is 14.2 Å². The van der Waals surface area contributed by atoms with Gasteiger partial charge in [-0.25, -0.2) is 4.79 Å². The van der Waals surface area contributed by atoms with Gasteiger partial charge in [0, 0.05) is 5.30 Å². The fraction of sp³-hybridized carbons (Fsp3) is 0.333. The number of ether oxygens (including phenoxy) is 3. The molecule has 144 valence electrons. The predicted molar refractivity (Wildman–Crippen MR) is 108 cm³/mol. The molecule has 0 saturated carbocycles. The minimum atomic E-state index is -0.551. The number of rotatable bonds is 6. The Morgan fingerprint density at radius 1 is 1.07 bits per heavy atom. The van der Waals surface area contributed by atoms with Crippen molar-refractivity contribution in [2.24, 2.45) is 0 Å². The van der Waals surface area contributed by atoms with Gasteiger partial charge < -0.3 is 14.2 Å². The largest absolute Gasteiger partial charge is 0.496 e. The van der Waals surface area contributed by atoms with Gasteiger partial charge in [-0.1, -0.05) is 12.1 Å². The second kappa shape index (κ2) is 8.53. The van der Waals surface area contributed by atoms with Gasteiger partial charge in [-0.2, -0.15) is 0 Å². The van der Waals surface area contributed by atoms with Crippen molar-refractivity contribution in [3.8, 4) is 11.5 Å². The maximum absolute atomic E-state index is 12.2. The first kappa shape index (κ1) is 20.9. The van der Waals surface area contributed by atoms with Crippen LogP contribution in [0.1, 0.15) is 54.0 Å². The Balaban J connectivity index is 2.18. The van der Waals surface area contributed by atoms with Crippen molar-refractivity contribution in [1.82, 2.24) is 0 Å². The van der Waals surface area contributed by atoms with Crippen molar-refractivity contribution in [2.45, 2.75) is 39.9 Å². The van der Waals surface area contributed by atoms with Crippen LogP contribution >= 0.6 is 9.24 Å². The van der Waals surface area contributed by atoms with Crippen LogP contribution < -0.4 is 14.8 Å². The van der Waals surface area contributed by atoms with Crippen LogP contribution in [0.25, 0.3) is 0 Å². The van der Waals surface area contributed by atoms with E-state index < -0.39 is 5.60 Å². The summed E-state index contributed by atoms with van der Waals surface area (Å²) in [6, 6.07) is 10.6. The van der Waals surface area contributed by atoms with Gasteiger partial charge in [-0.15, -0.1) is 9.24 Å². The van der Waals surface area contributed by atoms with Crippen LogP contribution in [0.15, 0.2) is 36.4 Å². The molecule has 2 aromatic carbocycles. The molecule has 27 heavy (non-hydrogen) atoms. The Bertz CT molecular complexity index is 852. The van der Waals surface area contributed by atoms with E-state index >= 15 is 0 Å². The van der Waals surface area contributed by atoms with Gasteiger partial charge in [-0.3, -0.25) is 4.79 Å². The first-order valence-electron chi connectivity index (χ1n) is 8.55. The molecule has 0 amide bonds. The summed E-state index contributed by atoms with van der Waals surface area (Å²) in [6.45, 7) is 7.22. The molecule has 0 aromatic heterocycles. The minimum Gasteiger partial charge on any atom is -0.496 e. The van der Waals surface area contributed by atoms with Crippen molar-refractivity contribution in [3.63, 3.8) is 0 Å². The summed E-state index contributed by atoms with van der Waals surface area (Å²) >= 11 is 0. The van der Waals surface area contributed by atoms with Crippen molar-refractivity contribution in [2.75, 3.05) is 7.11 Å². The lowest BCUT2D eigenvalue weighted by Crippen LogP contribution is -2.24. The van der Waals surface area contributed by atoms with E-state index in [-0.39, 0.29) is 18.4 Å². The second-order valence-corrected chi connectivity index (χ2v) is 7.68. The van der Waals surface area contributed by atoms with Crippen LogP contribution in [-0.2, 0) is 11.3 Å². The molecule has 0 aliphatic rings. The molecular formula is C21H25O5P. The van der Waals surface area contributed by atoms with Crippen molar-refractivity contribution >= 4 is 26.3 Å². The number of carbonyl (C=O) groups is 2. The van der Waals surface area contributed by atoms with Gasteiger partial charge in [0.25, 0.3) is 0 Å². The highest BCUT2D eigenvalue weighted by molar-refractivity contribution is 7.28. The molecule has 0 saturated heterocycles. The summed E-state index contributed by atoms with van der Waals surface area (Å²) in [5.74, 6) is 0.592. The van der Waals surface area contributed by atoms with Crippen LogP contribution in [-0.4, -0.2) is 24.5 Å². The molecule has 6 heteroatoms. The molecule has 0 radical (unpaired) electrons. The smallest absolute Gasteiger partial charge is 0.338 e.